The van der Waals surface area contributed by atoms with E-state index < -0.39 is 0 Å². The maximum atomic E-state index is 2.38. The smallest absolute Gasteiger partial charge is 1.00 e. The maximum absolute atomic E-state index is 2.38. The van der Waals surface area contributed by atoms with Crippen molar-refractivity contribution in [3.05, 3.63) is 23.3 Å². The molecular formula is C15H28Cl2Mg. The average molecular weight is 304 g/mol. The monoisotopic (exact) mass is 302 g/mol. The molecule has 0 aromatic heterocycles. The second-order valence-corrected chi connectivity index (χ2v) is 4.99. The van der Waals surface area contributed by atoms with Crippen molar-refractivity contribution in [3.8, 4) is 0 Å². The van der Waals surface area contributed by atoms with E-state index >= 15 is 0 Å². The zero-order valence-corrected chi connectivity index (χ0v) is 15.7. The molecule has 0 aromatic carbocycles. The standard InChI is InChI=1S/C15H28.2ClH.Mg/c1-6-14(4)10-8-12-15(5)11-7-9-13(2)3;;;/h6,9,15H,7-8,10-12H2,1-5H3;2*1H;/q;;;+2/p-2. The van der Waals surface area contributed by atoms with Crippen molar-refractivity contribution in [3.63, 3.8) is 0 Å². The van der Waals surface area contributed by atoms with Crippen LogP contribution in [0.2, 0.25) is 0 Å². The van der Waals surface area contributed by atoms with Crippen LogP contribution in [0.3, 0.4) is 0 Å². The van der Waals surface area contributed by atoms with E-state index in [-0.39, 0.29) is 47.9 Å². The molecule has 1 atom stereocenters. The van der Waals surface area contributed by atoms with Gasteiger partial charge in [0, 0.05) is 0 Å². The Morgan fingerprint density at radius 1 is 1.06 bits per heavy atom. The van der Waals surface area contributed by atoms with Crippen LogP contribution in [0.4, 0.5) is 0 Å². The quantitative estimate of drug-likeness (QED) is 0.424. The fraction of sp³-hybridized carbons (Fsp3) is 0.733. The summed E-state index contributed by atoms with van der Waals surface area (Å²) in [4.78, 5) is 0. The molecule has 1 unspecified atom stereocenters. The molecule has 0 saturated carbocycles. The first-order valence-electron chi connectivity index (χ1n) is 6.31. The Labute approximate surface area is 143 Å². The first-order valence-corrected chi connectivity index (χ1v) is 6.31. The molecule has 104 valence electrons. The van der Waals surface area contributed by atoms with Crippen LogP contribution < -0.4 is 24.8 Å². The molecule has 0 aliphatic rings. The topological polar surface area (TPSA) is 0 Å². The van der Waals surface area contributed by atoms with Crippen molar-refractivity contribution < 1.29 is 24.8 Å². The first kappa shape index (κ1) is 27.2. The third-order valence-electron chi connectivity index (χ3n) is 2.97. The van der Waals surface area contributed by atoms with Gasteiger partial charge in [0.1, 0.15) is 0 Å². The summed E-state index contributed by atoms with van der Waals surface area (Å²) in [5.74, 6) is 0.880. The van der Waals surface area contributed by atoms with Crippen molar-refractivity contribution in [1.29, 1.82) is 0 Å². The molecule has 0 heterocycles. The Morgan fingerprint density at radius 3 is 2.06 bits per heavy atom. The van der Waals surface area contributed by atoms with Gasteiger partial charge in [0.15, 0.2) is 0 Å². The fourth-order valence-electron chi connectivity index (χ4n) is 1.67. The number of allylic oxidation sites excluding steroid dienone is 4. The Hall–Kier alpha value is 0.826. The van der Waals surface area contributed by atoms with Crippen LogP contribution in [-0.2, 0) is 0 Å². The summed E-state index contributed by atoms with van der Waals surface area (Å²) in [6.45, 7) is 11.1. The van der Waals surface area contributed by atoms with Gasteiger partial charge in [-0.25, -0.2) is 0 Å². The van der Waals surface area contributed by atoms with Gasteiger partial charge in [-0.1, -0.05) is 36.6 Å². The van der Waals surface area contributed by atoms with Gasteiger partial charge in [-0.3, -0.25) is 0 Å². The van der Waals surface area contributed by atoms with E-state index in [0.29, 0.717) is 0 Å². The largest absolute Gasteiger partial charge is 2.00 e. The van der Waals surface area contributed by atoms with Crippen LogP contribution >= 0.6 is 0 Å². The molecule has 0 N–H and O–H groups in total. The van der Waals surface area contributed by atoms with E-state index in [1.807, 2.05) is 0 Å². The van der Waals surface area contributed by atoms with Gasteiger partial charge in [-0.15, -0.1) is 0 Å². The summed E-state index contributed by atoms with van der Waals surface area (Å²) in [5, 5.41) is 0. The summed E-state index contributed by atoms with van der Waals surface area (Å²) in [7, 11) is 0. The van der Waals surface area contributed by atoms with Crippen molar-refractivity contribution in [2.45, 2.75) is 66.7 Å². The molecule has 0 radical (unpaired) electrons. The second-order valence-electron chi connectivity index (χ2n) is 4.99. The first-order chi connectivity index (χ1) is 7.06. The summed E-state index contributed by atoms with van der Waals surface area (Å²) in [6.07, 6.45) is 11.2. The average Bonchev–Trinajstić information content (AvgIpc) is 2.17. The zero-order chi connectivity index (χ0) is 11.7. The minimum Gasteiger partial charge on any atom is -1.00 e. The van der Waals surface area contributed by atoms with Crippen LogP contribution in [0.25, 0.3) is 0 Å². The van der Waals surface area contributed by atoms with E-state index in [1.54, 1.807) is 0 Å². The number of hydrogen-bond donors (Lipinski definition) is 0. The Balaban J connectivity index is -0.000000327. The SMILES string of the molecule is CC=C(C)CCCC(C)CCC=C(C)C.[Cl-].[Cl-].[Mg+2]. The van der Waals surface area contributed by atoms with Crippen molar-refractivity contribution in [2.24, 2.45) is 5.92 Å². The molecule has 18 heavy (non-hydrogen) atoms. The minimum absolute atomic E-state index is 0. The number of rotatable bonds is 7. The van der Waals surface area contributed by atoms with Crippen LogP contribution in [-0.4, -0.2) is 23.1 Å². The van der Waals surface area contributed by atoms with Crippen LogP contribution in [0.15, 0.2) is 23.3 Å². The van der Waals surface area contributed by atoms with E-state index in [0.717, 1.165) is 5.92 Å². The molecule has 0 amide bonds. The second kappa shape index (κ2) is 17.8. The third kappa shape index (κ3) is 19.2. The molecule has 0 aliphatic heterocycles. The van der Waals surface area contributed by atoms with Gasteiger partial charge >= 0.3 is 23.1 Å². The normalized spacial score (nSPS) is 11.5. The predicted molar refractivity (Wildman–Crippen MR) is 76.9 cm³/mol. The molecule has 0 nitrogen and oxygen atoms in total. The van der Waals surface area contributed by atoms with Gasteiger partial charge in [0.05, 0.1) is 0 Å². The number of halogens is 2. The van der Waals surface area contributed by atoms with Crippen LogP contribution in [0.1, 0.15) is 66.7 Å². The molecule has 0 spiro atoms. The van der Waals surface area contributed by atoms with E-state index in [9.17, 15) is 0 Å². The predicted octanol–water partition coefficient (Wildman–Crippen LogP) is -0.867. The van der Waals surface area contributed by atoms with Gasteiger partial charge in [-0.05, 0) is 59.3 Å². The van der Waals surface area contributed by atoms with Gasteiger partial charge in [-0.2, -0.15) is 0 Å². The Bertz CT molecular complexity index is 219. The third-order valence-corrected chi connectivity index (χ3v) is 2.97. The Morgan fingerprint density at radius 2 is 1.61 bits per heavy atom. The molecule has 0 rings (SSSR count). The summed E-state index contributed by atoms with van der Waals surface area (Å²) in [6, 6.07) is 0. The fourth-order valence-corrected chi connectivity index (χ4v) is 1.67. The van der Waals surface area contributed by atoms with E-state index in [2.05, 4.69) is 46.8 Å². The molecule has 3 heteroatoms. The van der Waals surface area contributed by atoms with Crippen molar-refractivity contribution in [2.75, 3.05) is 0 Å². The molecular weight excluding hydrogens is 275 g/mol. The molecule has 0 fully saturated rings. The van der Waals surface area contributed by atoms with Crippen molar-refractivity contribution in [1.82, 2.24) is 0 Å². The van der Waals surface area contributed by atoms with Gasteiger partial charge in [0.2, 0.25) is 0 Å². The number of hydrogen-bond acceptors (Lipinski definition) is 0. The van der Waals surface area contributed by atoms with Crippen molar-refractivity contribution >= 4 is 23.1 Å². The molecule has 0 bridgehead atoms. The molecule has 0 saturated heterocycles. The zero-order valence-electron chi connectivity index (χ0n) is 12.7. The maximum Gasteiger partial charge on any atom is 2.00 e. The molecule has 0 aromatic rings. The Kier molecular flexibility index (Phi) is 27.0. The summed E-state index contributed by atoms with van der Waals surface area (Å²) >= 11 is 0. The summed E-state index contributed by atoms with van der Waals surface area (Å²) < 4.78 is 0. The van der Waals surface area contributed by atoms with E-state index in [1.165, 1.54) is 43.3 Å². The molecule has 0 aliphatic carbocycles. The minimum atomic E-state index is 0. The van der Waals surface area contributed by atoms with Gasteiger partial charge in [0.25, 0.3) is 0 Å². The van der Waals surface area contributed by atoms with Crippen LogP contribution in [0.5, 0.6) is 0 Å². The summed E-state index contributed by atoms with van der Waals surface area (Å²) in [5.41, 5.74) is 2.98. The van der Waals surface area contributed by atoms with E-state index in [4.69, 9.17) is 0 Å². The van der Waals surface area contributed by atoms with Crippen LogP contribution in [0, 0.1) is 5.92 Å². The van der Waals surface area contributed by atoms with Gasteiger partial charge < -0.3 is 24.8 Å².